The van der Waals surface area contributed by atoms with E-state index in [1.807, 2.05) is 6.07 Å². The molecule has 1 saturated heterocycles. The Kier molecular flexibility index (Phi) is 3.05. The maximum Gasteiger partial charge on any atom is 0.163 e. The van der Waals surface area contributed by atoms with Crippen LogP contribution < -0.4 is 19.7 Å². The van der Waals surface area contributed by atoms with Gasteiger partial charge >= 0.3 is 0 Å². The van der Waals surface area contributed by atoms with Gasteiger partial charge in [0, 0.05) is 36.4 Å². The highest BCUT2D eigenvalue weighted by atomic mass is 16.6. The zero-order valence-electron chi connectivity index (χ0n) is 11.9. The minimum absolute atomic E-state index is 0.0986. The van der Waals surface area contributed by atoms with E-state index in [0.717, 1.165) is 24.6 Å². The number of nitrogens with one attached hydrogen (secondary N) is 1. The lowest BCUT2D eigenvalue weighted by molar-refractivity contribution is 0.171. The third-order valence-electron chi connectivity index (χ3n) is 3.89. The monoisotopic (exact) mass is 262 g/mol. The second-order valence-corrected chi connectivity index (χ2v) is 5.99. The summed E-state index contributed by atoms with van der Waals surface area (Å²) in [5.74, 6) is 1.72. The van der Waals surface area contributed by atoms with Crippen molar-refractivity contribution in [3.63, 3.8) is 0 Å². The molecule has 1 aromatic rings. The fraction of sp³-hybridized carbons (Fsp3) is 0.600. The van der Waals surface area contributed by atoms with Crippen molar-refractivity contribution >= 4 is 5.69 Å². The van der Waals surface area contributed by atoms with Crippen LogP contribution >= 0.6 is 0 Å². The molecule has 2 aliphatic heterocycles. The molecule has 1 unspecified atom stereocenters. The van der Waals surface area contributed by atoms with E-state index in [9.17, 15) is 0 Å². The van der Waals surface area contributed by atoms with Gasteiger partial charge in [-0.15, -0.1) is 0 Å². The lowest BCUT2D eigenvalue weighted by atomic mass is 9.95. The predicted molar refractivity (Wildman–Crippen MR) is 76.3 cm³/mol. The molecule has 4 nitrogen and oxygen atoms in total. The number of anilines is 1. The summed E-state index contributed by atoms with van der Waals surface area (Å²) in [4.78, 5) is 2.47. The second kappa shape index (κ2) is 4.60. The summed E-state index contributed by atoms with van der Waals surface area (Å²) in [5, 5.41) is 3.49. The minimum atomic E-state index is 0.0986. The molecule has 3 rings (SSSR count). The van der Waals surface area contributed by atoms with Gasteiger partial charge in [-0.2, -0.15) is 0 Å². The number of fused-ring (bicyclic) bond motifs is 1. The third-order valence-corrected chi connectivity index (χ3v) is 3.89. The SMILES string of the molecule is CC1CNCC(C)(C)N1c1ccc2c(c1)OCCO2. The second-order valence-electron chi connectivity index (χ2n) is 5.99. The molecule has 4 heteroatoms. The van der Waals surface area contributed by atoms with Gasteiger partial charge < -0.3 is 19.7 Å². The van der Waals surface area contributed by atoms with Gasteiger partial charge in [-0.3, -0.25) is 0 Å². The number of hydrogen-bond donors (Lipinski definition) is 1. The smallest absolute Gasteiger partial charge is 0.163 e. The summed E-state index contributed by atoms with van der Waals surface area (Å²) in [6.45, 7) is 10.1. The fourth-order valence-electron chi connectivity index (χ4n) is 3.15. The summed E-state index contributed by atoms with van der Waals surface area (Å²) in [6, 6.07) is 6.73. The Morgan fingerprint density at radius 1 is 1.21 bits per heavy atom. The van der Waals surface area contributed by atoms with E-state index >= 15 is 0 Å². The summed E-state index contributed by atoms with van der Waals surface area (Å²) in [5.41, 5.74) is 1.31. The number of piperazine rings is 1. The highest BCUT2D eigenvalue weighted by Gasteiger charge is 2.34. The van der Waals surface area contributed by atoms with Crippen LogP contribution in [0, 0.1) is 0 Å². The minimum Gasteiger partial charge on any atom is -0.486 e. The molecular weight excluding hydrogens is 240 g/mol. The van der Waals surface area contributed by atoms with E-state index in [4.69, 9.17) is 9.47 Å². The summed E-state index contributed by atoms with van der Waals surface area (Å²) < 4.78 is 11.3. The molecule has 2 heterocycles. The van der Waals surface area contributed by atoms with Crippen molar-refractivity contribution in [3.05, 3.63) is 18.2 Å². The molecule has 0 radical (unpaired) electrons. The van der Waals surface area contributed by atoms with Gasteiger partial charge in [-0.25, -0.2) is 0 Å². The van der Waals surface area contributed by atoms with Crippen molar-refractivity contribution < 1.29 is 9.47 Å². The zero-order valence-corrected chi connectivity index (χ0v) is 11.9. The van der Waals surface area contributed by atoms with Crippen LogP contribution in [0.5, 0.6) is 11.5 Å². The first kappa shape index (κ1) is 12.6. The van der Waals surface area contributed by atoms with Crippen LogP contribution in [0.4, 0.5) is 5.69 Å². The Bertz CT molecular complexity index is 473. The largest absolute Gasteiger partial charge is 0.486 e. The molecule has 0 amide bonds. The Labute approximate surface area is 114 Å². The van der Waals surface area contributed by atoms with Gasteiger partial charge in [0.2, 0.25) is 0 Å². The molecular formula is C15H22N2O2. The van der Waals surface area contributed by atoms with Crippen molar-refractivity contribution in [2.75, 3.05) is 31.2 Å². The first-order valence-electron chi connectivity index (χ1n) is 6.98. The third kappa shape index (κ3) is 2.25. The number of ether oxygens (including phenoxy) is 2. The summed E-state index contributed by atoms with van der Waals surface area (Å²) in [7, 11) is 0. The van der Waals surface area contributed by atoms with Crippen LogP contribution in [0.2, 0.25) is 0 Å². The summed E-state index contributed by atoms with van der Waals surface area (Å²) in [6.07, 6.45) is 0. The number of nitrogens with zero attached hydrogens (tertiary/aromatic N) is 1. The normalized spacial score (nSPS) is 25.2. The van der Waals surface area contributed by atoms with Gasteiger partial charge in [0.15, 0.2) is 11.5 Å². The molecule has 0 aromatic heterocycles. The Morgan fingerprint density at radius 2 is 1.95 bits per heavy atom. The zero-order chi connectivity index (χ0) is 13.5. The van der Waals surface area contributed by atoms with Crippen molar-refractivity contribution in [2.45, 2.75) is 32.4 Å². The molecule has 0 spiro atoms. The molecule has 0 aliphatic carbocycles. The average Bonchev–Trinajstić information content (AvgIpc) is 2.37. The van der Waals surface area contributed by atoms with Crippen LogP contribution in [0.25, 0.3) is 0 Å². The highest BCUT2D eigenvalue weighted by Crippen LogP contribution is 2.37. The van der Waals surface area contributed by atoms with Gasteiger partial charge in [0.05, 0.1) is 0 Å². The van der Waals surface area contributed by atoms with Crippen LogP contribution in [0.15, 0.2) is 18.2 Å². The lowest BCUT2D eigenvalue weighted by Crippen LogP contribution is -2.62. The molecule has 19 heavy (non-hydrogen) atoms. The predicted octanol–water partition coefficient (Wildman–Crippen LogP) is 2.03. The van der Waals surface area contributed by atoms with Crippen LogP contribution in [-0.4, -0.2) is 37.9 Å². The quantitative estimate of drug-likeness (QED) is 0.839. The van der Waals surface area contributed by atoms with Crippen molar-refractivity contribution in [3.8, 4) is 11.5 Å². The van der Waals surface area contributed by atoms with Gasteiger partial charge in [0.25, 0.3) is 0 Å². The van der Waals surface area contributed by atoms with Crippen molar-refractivity contribution in [1.29, 1.82) is 0 Å². The molecule has 1 fully saturated rings. The lowest BCUT2D eigenvalue weighted by Gasteiger charge is -2.48. The standard InChI is InChI=1S/C15H22N2O2/c1-11-9-16-10-15(2,3)17(11)12-4-5-13-14(8-12)19-7-6-18-13/h4-5,8,11,16H,6-7,9-10H2,1-3H3. The van der Waals surface area contributed by atoms with Crippen LogP contribution in [0.1, 0.15) is 20.8 Å². The molecule has 2 aliphatic rings. The Hall–Kier alpha value is -1.42. The Morgan fingerprint density at radius 3 is 2.68 bits per heavy atom. The molecule has 1 N–H and O–H groups in total. The van der Waals surface area contributed by atoms with Crippen molar-refractivity contribution in [2.24, 2.45) is 0 Å². The topological polar surface area (TPSA) is 33.7 Å². The fourth-order valence-corrected chi connectivity index (χ4v) is 3.15. The average molecular weight is 262 g/mol. The Balaban J connectivity index is 1.96. The number of benzene rings is 1. The van der Waals surface area contributed by atoms with E-state index < -0.39 is 0 Å². The van der Waals surface area contributed by atoms with E-state index in [0.29, 0.717) is 19.3 Å². The first-order chi connectivity index (χ1) is 9.08. The maximum atomic E-state index is 5.69. The van der Waals surface area contributed by atoms with Gasteiger partial charge in [0.1, 0.15) is 13.2 Å². The highest BCUT2D eigenvalue weighted by molar-refractivity contribution is 5.59. The molecule has 1 aromatic carbocycles. The number of hydrogen-bond acceptors (Lipinski definition) is 4. The van der Waals surface area contributed by atoms with E-state index in [-0.39, 0.29) is 5.54 Å². The molecule has 1 atom stereocenters. The van der Waals surface area contributed by atoms with E-state index in [2.05, 4.69) is 43.1 Å². The molecule has 0 saturated carbocycles. The van der Waals surface area contributed by atoms with Crippen LogP contribution in [-0.2, 0) is 0 Å². The van der Waals surface area contributed by atoms with Crippen molar-refractivity contribution in [1.82, 2.24) is 5.32 Å². The first-order valence-corrected chi connectivity index (χ1v) is 6.98. The van der Waals surface area contributed by atoms with E-state index in [1.165, 1.54) is 5.69 Å². The van der Waals surface area contributed by atoms with Gasteiger partial charge in [-0.1, -0.05) is 0 Å². The van der Waals surface area contributed by atoms with Crippen LogP contribution in [0.3, 0.4) is 0 Å². The summed E-state index contributed by atoms with van der Waals surface area (Å²) >= 11 is 0. The van der Waals surface area contributed by atoms with E-state index in [1.54, 1.807) is 0 Å². The molecule has 104 valence electrons. The maximum absolute atomic E-state index is 5.69. The van der Waals surface area contributed by atoms with Gasteiger partial charge in [-0.05, 0) is 32.9 Å². The number of rotatable bonds is 1. The molecule has 0 bridgehead atoms.